The Kier molecular flexibility index (Phi) is 8.98. The zero-order valence-corrected chi connectivity index (χ0v) is 21.9. The van der Waals surface area contributed by atoms with Gasteiger partial charge in [-0.1, -0.05) is 66.2 Å². The third-order valence-corrected chi connectivity index (χ3v) is 6.69. The van der Waals surface area contributed by atoms with Crippen molar-refractivity contribution in [2.24, 2.45) is 0 Å². The number of ether oxygens (including phenoxy) is 1. The molecule has 6 heteroatoms. The first-order chi connectivity index (χ1) is 18.4. The maximum Gasteiger partial charge on any atom is 0.328 e. The van der Waals surface area contributed by atoms with Crippen LogP contribution in [0.1, 0.15) is 35.7 Å². The van der Waals surface area contributed by atoms with Crippen LogP contribution in [0.2, 0.25) is 0 Å². The SMILES string of the molecule is CC(=CC(=O)O)CCc1c(CC(=O)N(C)CCc2ccccc2)[nH]c2ccc(OCc3ccccc3)cc12. The third kappa shape index (κ3) is 7.35. The smallest absolute Gasteiger partial charge is 0.328 e. The Morgan fingerprint density at radius 1 is 0.947 bits per heavy atom. The maximum atomic E-state index is 13.2. The van der Waals surface area contributed by atoms with E-state index in [1.54, 1.807) is 4.90 Å². The van der Waals surface area contributed by atoms with E-state index in [4.69, 9.17) is 9.84 Å². The second-order valence-electron chi connectivity index (χ2n) is 9.62. The molecule has 1 aromatic heterocycles. The van der Waals surface area contributed by atoms with Crippen LogP contribution in [-0.4, -0.2) is 40.5 Å². The normalized spacial score (nSPS) is 11.5. The Labute approximate surface area is 223 Å². The number of carbonyl (C=O) groups is 2. The Morgan fingerprint density at radius 3 is 2.32 bits per heavy atom. The lowest BCUT2D eigenvalue weighted by Gasteiger charge is -2.17. The van der Waals surface area contributed by atoms with Crippen molar-refractivity contribution >= 4 is 22.8 Å². The lowest BCUT2D eigenvalue weighted by Crippen LogP contribution is -2.30. The number of nitrogens with zero attached hydrogens (tertiary/aromatic N) is 1. The van der Waals surface area contributed by atoms with Crippen molar-refractivity contribution in [3.63, 3.8) is 0 Å². The summed E-state index contributed by atoms with van der Waals surface area (Å²) in [5.74, 6) is -0.169. The van der Waals surface area contributed by atoms with Gasteiger partial charge in [0.15, 0.2) is 0 Å². The number of rotatable bonds is 12. The molecule has 196 valence electrons. The van der Waals surface area contributed by atoms with Crippen LogP contribution in [-0.2, 0) is 35.5 Å². The standard InChI is InChI=1S/C32H34N2O4/c1-23(19-32(36)37)13-15-27-28-20-26(38-22-25-11-7-4-8-12-25)14-16-29(28)33-30(27)21-31(35)34(2)18-17-24-9-5-3-6-10-24/h3-12,14,16,19-20,33H,13,15,17-18,21-22H2,1-2H3,(H,36,37). The highest BCUT2D eigenvalue weighted by atomic mass is 16.5. The minimum atomic E-state index is -0.950. The van der Waals surface area contributed by atoms with Crippen LogP contribution in [0.5, 0.6) is 5.75 Å². The Hall–Kier alpha value is -4.32. The number of carbonyl (C=O) groups excluding carboxylic acids is 1. The van der Waals surface area contributed by atoms with Gasteiger partial charge in [0.1, 0.15) is 12.4 Å². The molecular weight excluding hydrogens is 476 g/mol. The molecule has 4 rings (SSSR count). The number of aliphatic carboxylic acids is 1. The number of aromatic nitrogens is 1. The molecule has 0 aliphatic rings. The average Bonchev–Trinajstić information content (AvgIpc) is 3.26. The summed E-state index contributed by atoms with van der Waals surface area (Å²) in [5.41, 5.74) is 5.87. The average molecular weight is 511 g/mol. The third-order valence-electron chi connectivity index (χ3n) is 6.69. The van der Waals surface area contributed by atoms with E-state index in [1.807, 2.05) is 80.7 Å². The van der Waals surface area contributed by atoms with Crippen LogP contribution in [0.4, 0.5) is 0 Å². The zero-order chi connectivity index (χ0) is 26.9. The van der Waals surface area contributed by atoms with Gasteiger partial charge in [-0.2, -0.15) is 0 Å². The number of aromatic amines is 1. The van der Waals surface area contributed by atoms with Crippen molar-refractivity contribution in [1.29, 1.82) is 0 Å². The van der Waals surface area contributed by atoms with Gasteiger partial charge in [-0.25, -0.2) is 4.79 Å². The maximum absolute atomic E-state index is 13.2. The first kappa shape index (κ1) is 26.7. The second-order valence-corrected chi connectivity index (χ2v) is 9.62. The number of benzene rings is 3. The Balaban J connectivity index is 1.54. The van der Waals surface area contributed by atoms with Crippen LogP contribution in [0.25, 0.3) is 10.9 Å². The van der Waals surface area contributed by atoms with E-state index in [0.29, 0.717) is 26.0 Å². The molecule has 0 saturated carbocycles. The summed E-state index contributed by atoms with van der Waals surface area (Å²) in [6.45, 7) is 2.92. The molecule has 0 fully saturated rings. The minimum Gasteiger partial charge on any atom is -0.489 e. The molecule has 0 aliphatic carbocycles. The number of hydrogen-bond acceptors (Lipinski definition) is 3. The monoisotopic (exact) mass is 510 g/mol. The van der Waals surface area contributed by atoms with Gasteiger partial charge in [0.2, 0.25) is 5.91 Å². The Bertz CT molecular complexity index is 1410. The first-order valence-corrected chi connectivity index (χ1v) is 12.9. The van der Waals surface area contributed by atoms with Crippen LogP contribution >= 0.6 is 0 Å². The largest absolute Gasteiger partial charge is 0.489 e. The van der Waals surface area contributed by atoms with Crippen LogP contribution < -0.4 is 4.74 Å². The molecule has 4 aromatic rings. The van der Waals surface area contributed by atoms with Crippen molar-refractivity contribution in [2.45, 2.75) is 39.2 Å². The number of nitrogens with one attached hydrogen (secondary N) is 1. The van der Waals surface area contributed by atoms with E-state index in [9.17, 15) is 9.59 Å². The number of hydrogen-bond donors (Lipinski definition) is 2. The highest BCUT2D eigenvalue weighted by Crippen LogP contribution is 2.29. The fourth-order valence-electron chi connectivity index (χ4n) is 4.51. The molecule has 0 atom stereocenters. The van der Waals surface area contributed by atoms with Gasteiger partial charge in [0.25, 0.3) is 0 Å². The van der Waals surface area contributed by atoms with Crippen LogP contribution in [0.15, 0.2) is 90.5 Å². The number of allylic oxidation sites excluding steroid dienone is 1. The molecule has 38 heavy (non-hydrogen) atoms. The summed E-state index contributed by atoms with van der Waals surface area (Å²) in [6.07, 6.45) is 3.49. The molecule has 0 unspecified atom stereocenters. The van der Waals surface area contributed by atoms with Gasteiger partial charge in [-0.15, -0.1) is 0 Å². The molecule has 1 heterocycles. The summed E-state index contributed by atoms with van der Waals surface area (Å²) in [5, 5.41) is 10.1. The second kappa shape index (κ2) is 12.8. The van der Waals surface area contributed by atoms with E-state index in [1.165, 1.54) is 11.6 Å². The number of H-pyrrole nitrogens is 1. The molecule has 3 aromatic carbocycles. The number of amides is 1. The number of aryl methyl sites for hydroxylation is 1. The number of carboxylic acids is 1. The molecular formula is C32H34N2O4. The quantitative estimate of drug-likeness (QED) is 0.231. The first-order valence-electron chi connectivity index (χ1n) is 12.9. The molecule has 1 amide bonds. The fraction of sp³-hybridized carbons (Fsp3) is 0.250. The lowest BCUT2D eigenvalue weighted by atomic mass is 10.0. The van der Waals surface area contributed by atoms with E-state index in [-0.39, 0.29) is 12.3 Å². The van der Waals surface area contributed by atoms with Crippen molar-refractivity contribution in [1.82, 2.24) is 9.88 Å². The molecule has 0 spiro atoms. The summed E-state index contributed by atoms with van der Waals surface area (Å²) in [7, 11) is 1.84. The Morgan fingerprint density at radius 2 is 1.63 bits per heavy atom. The number of likely N-dealkylation sites (N-methyl/N-ethyl adjacent to an activating group) is 1. The molecule has 0 radical (unpaired) electrons. The molecule has 6 nitrogen and oxygen atoms in total. The van der Waals surface area contributed by atoms with Gasteiger partial charge in [0.05, 0.1) is 6.42 Å². The van der Waals surface area contributed by atoms with Crippen LogP contribution in [0.3, 0.4) is 0 Å². The fourth-order valence-corrected chi connectivity index (χ4v) is 4.51. The van der Waals surface area contributed by atoms with E-state index in [0.717, 1.165) is 45.5 Å². The van der Waals surface area contributed by atoms with E-state index >= 15 is 0 Å². The summed E-state index contributed by atoms with van der Waals surface area (Å²) in [4.78, 5) is 29.5. The summed E-state index contributed by atoms with van der Waals surface area (Å²) in [6, 6.07) is 26.0. The summed E-state index contributed by atoms with van der Waals surface area (Å²) >= 11 is 0. The van der Waals surface area contributed by atoms with Crippen molar-refractivity contribution in [3.8, 4) is 5.75 Å². The lowest BCUT2D eigenvalue weighted by molar-refractivity contribution is -0.131. The highest BCUT2D eigenvalue weighted by Gasteiger charge is 2.18. The van der Waals surface area contributed by atoms with Gasteiger partial charge < -0.3 is 19.7 Å². The minimum absolute atomic E-state index is 0.0343. The van der Waals surface area contributed by atoms with Crippen molar-refractivity contribution in [2.75, 3.05) is 13.6 Å². The topological polar surface area (TPSA) is 82.6 Å². The number of carboxylic acid groups (broad SMARTS) is 1. The predicted octanol–water partition coefficient (Wildman–Crippen LogP) is 5.95. The van der Waals surface area contributed by atoms with Crippen molar-refractivity contribution < 1.29 is 19.4 Å². The summed E-state index contributed by atoms with van der Waals surface area (Å²) < 4.78 is 6.06. The zero-order valence-electron chi connectivity index (χ0n) is 21.9. The predicted molar refractivity (Wildman–Crippen MR) is 150 cm³/mol. The molecule has 0 bridgehead atoms. The van der Waals surface area contributed by atoms with Crippen LogP contribution in [0, 0.1) is 0 Å². The van der Waals surface area contributed by atoms with E-state index in [2.05, 4.69) is 17.1 Å². The van der Waals surface area contributed by atoms with Crippen molar-refractivity contribution in [3.05, 3.63) is 113 Å². The molecule has 0 saturated heterocycles. The van der Waals surface area contributed by atoms with E-state index < -0.39 is 5.97 Å². The van der Waals surface area contributed by atoms with Gasteiger partial charge in [-0.05, 0) is 61.1 Å². The van der Waals surface area contributed by atoms with Gasteiger partial charge >= 0.3 is 5.97 Å². The molecule has 0 aliphatic heterocycles. The van der Waals surface area contributed by atoms with Gasteiger partial charge in [-0.3, -0.25) is 4.79 Å². The highest BCUT2D eigenvalue weighted by molar-refractivity contribution is 5.88. The van der Waals surface area contributed by atoms with Gasteiger partial charge in [0, 0.05) is 36.3 Å². The number of fused-ring (bicyclic) bond motifs is 1. The molecule has 2 N–H and O–H groups in total.